The topological polar surface area (TPSA) is 90.1 Å². The number of carbonyl (C=O) groups is 1. The zero-order valence-corrected chi connectivity index (χ0v) is 14.0. The van der Waals surface area contributed by atoms with E-state index < -0.39 is 46.4 Å². The molecule has 1 amide bonds. The van der Waals surface area contributed by atoms with Gasteiger partial charge in [0, 0.05) is 4.47 Å². The van der Waals surface area contributed by atoms with E-state index in [1.165, 1.54) is 12.1 Å². The molecule has 0 bridgehead atoms. The van der Waals surface area contributed by atoms with Crippen LogP contribution in [0.4, 0.5) is 28.9 Å². The Bertz CT molecular complexity index is 851. The van der Waals surface area contributed by atoms with Crippen LogP contribution in [-0.2, 0) is 17.5 Å². The summed E-state index contributed by atoms with van der Waals surface area (Å²) in [6.45, 7) is 0.284. The molecule has 1 N–H and O–H groups in total. The molecular formula is C13H9BrF4N4O3. The van der Waals surface area contributed by atoms with E-state index in [1.807, 2.05) is 0 Å². The molecule has 1 heterocycles. The first-order valence-electron chi connectivity index (χ1n) is 6.54. The number of aromatic nitrogens is 2. The van der Waals surface area contributed by atoms with E-state index in [2.05, 4.69) is 26.3 Å². The summed E-state index contributed by atoms with van der Waals surface area (Å²) in [5, 5.41) is 16.1. The lowest BCUT2D eigenvalue weighted by molar-refractivity contribution is -0.388. The van der Waals surface area contributed by atoms with Gasteiger partial charge in [0.15, 0.2) is 0 Å². The number of hydrogen-bond donors (Lipinski definition) is 1. The molecule has 0 unspecified atom stereocenters. The lowest BCUT2D eigenvalue weighted by Crippen LogP contribution is -2.21. The van der Waals surface area contributed by atoms with Crippen molar-refractivity contribution in [3.8, 4) is 0 Å². The van der Waals surface area contributed by atoms with E-state index in [9.17, 15) is 32.5 Å². The maximum absolute atomic E-state index is 13.7. The zero-order valence-electron chi connectivity index (χ0n) is 12.4. The molecule has 0 saturated heterocycles. The van der Waals surface area contributed by atoms with Crippen LogP contribution in [0.1, 0.15) is 11.4 Å². The Balaban J connectivity index is 2.28. The van der Waals surface area contributed by atoms with Crippen molar-refractivity contribution >= 4 is 33.2 Å². The van der Waals surface area contributed by atoms with Crippen molar-refractivity contribution in [2.75, 3.05) is 5.32 Å². The maximum atomic E-state index is 13.7. The van der Waals surface area contributed by atoms with Gasteiger partial charge in [0.1, 0.15) is 18.1 Å². The minimum atomic E-state index is -5.05. The highest BCUT2D eigenvalue weighted by molar-refractivity contribution is 9.10. The van der Waals surface area contributed by atoms with E-state index in [0.29, 0.717) is 9.15 Å². The van der Waals surface area contributed by atoms with Crippen molar-refractivity contribution in [1.29, 1.82) is 0 Å². The number of rotatable bonds is 4. The molecule has 0 aliphatic rings. The Kier molecular flexibility index (Phi) is 5.11. The fourth-order valence-corrected chi connectivity index (χ4v) is 2.35. The van der Waals surface area contributed by atoms with Crippen LogP contribution in [0.2, 0.25) is 0 Å². The van der Waals surface area contributed by atoms with Gasteiger partial charge in [-0.05, 0) is 25.1 Å². The van der Waals surface area contributed by atoms with Crippen molar-refractivity contribution in [3.63, 3.8) is 0 Å². The molecule has 0 saturated carbocycles. The standard InChI is InChI=1S/C13H9BrF4N4O3/c1-6-11(22(24)25)12(13(16,17)18)20-21(6)5-10(23)19-9-3-2-7(14)4-8(9)15/h2-4H,5H2,1H3,(H,19,23). The van der Waals surface area contributed by atoms with Crippen LogP contribution in [-0.4, -0.2) is 20.6 Å². The molecule has 12 heteroatoms. The molecule has 0 fully saturated rings. The smallest absolute Gasteiger partial charge is 0.322 e. The number of benzene rings is 1. The first-order chi connectivity index (χ1) is 11.5. The van der Waals surface area contributed by atoms with Gasteiger partial charge in [-0.1, -0.05) is 15.9 Å². The second kappa shape index (κ2) is 6.78. The average molecular weight is 425 g/mol. The SMILES string of the molecule is Cc1c([N+](=O)[O-])c(C(F)(F)F)nn1CC(=O)Nc1ccc(Br)cc1F. The number of nitrogens with one attached hydrogen (secondary N) is 1. The molecule has 1 aromatic heterocycles. The van der Waals surface area contributed by atoms with E-state index in [0.717, 1.165) is 13.0 Å². The Hall–Kier alpha value is -2.50. The predicted octanol–water partition coefficient (Wildman–Crippen LogP) is 3.66. The molecule has 0 aliphatic carbocycles. The number of halogens is 5. The largest absolute Gasteiger partial charge is 0.442 e. The maximum Gasteiger partial charge on any atom is 0.442 e. The summed E-state index contributed by atoms with van der Waals surface area (Å²) in [5.41, 5.74) is -3.56. The number of nitrogens with zero attached hydrogens (tertiary/aromatic N) is 3. The van der Waals surface area contributed by atoms with Gasteiger partial charge in [-0.25, -0.2) is 4.39 Å². The fourth-order valence-electron chi connectivity index (χ4n) is 2.02. The summed E-state index contributed by atoms with van der Waals surface area (Å²) < 4.78 is 53.2. The minimum Gasteiger partial charge on any atom is -0.322 e. The third-order valence-electron chi connectivity index (χ3n) is 3.12. The molecule has 25 heavy (non-hydrogen) atoms. The van der Waals surface area contributed by atoms with Crippen LogP contribution in [0.5, 0.6) is 0 Å². The van der Waals surface area contributed by atoms with Crippen LogP contribution in [0.25, 0.3) is 0 Å². The van der Waals surface area contributed by atoms with Crippen molar-refractivity contribution in [1.82, 2.24) is 9.78 Å². The summed E-state index contributed by atoms with van der Waals surface area (Å²) in [4.78, 5) is 21.5. The highest BCUT2D eigenvalue weighted by atomic mass is 79.9. The Morgan fingerprint density at radius 2 is 2.08 bits per heavy atom. The molecule has 7 nitrogen and oxygen atoms in total. The highest BCUT2D eigenvalue weighted by Crippen LogP contribution is 2.36. The molecule has 0 atom stereocenters. The number of amides is 1. The monoisotopic (exact) mass is 424 g/mol. The summed E-state index contributed by atoms with van der Waals surface area (Å²) >= 11 is 3.03. The third-order valence-corrected chi connectivity index (χ3v) is 3.62. The van der Waals surface area contributed by atoms with Crippen LogP contribution in [0.15, 0.2) is 22.7 Å². The van der Waals surface area contributed by atoms with E-state index in [4.69, 9.17) is 0 Å². The molecule has 0 radical (unpaired) electrons. The Morgan fingerprint density at radius 3 is 2.56 bits per heavy atom. The third kappa shape index (κ3) is 4.13. The molecule has 1 aromatic carbocycles. The van der Waals surface area contributed by atoms with Gasteiger partial charge in [-0.15, -0.1) is 0 Å². The minimum absolute atomic E-state index is 0.191. The van der Waals surface area contributed by atoms with Gasteiger partial charge >= 0.3 is 11.9 Å². The Morgan fingerprint density at radius 1 is 1.44 bits per heavy atom. The lowest BCUT2D eigenvalue weighted by atomic mass is 10.3. The van der Waals surface area contributed by atoms with Gasteiger partial charge < -0.3 is 5.32 Å². The number of anilines is 1. The molecule has 2 rings (SSSR count). The van der Waals surface area contributed by atoms with Crippen LogP contribution < -0.4 is 5.32 Å². The van der Waals surface area contributed by atoms with E-state index in [-0.39, 0.29) is 5.69 Å². The van der Waals surface area contributed by atoms with Crippen LogP contribution in [0, 0.1) is 22.9 Å². The second-order valence-corrected chi connectivity index (χ2v) is 5.78. The van der Waals surface area contributed by atoms with Gasteiger partial charge in [0.25, 0.3) is 0 Å². The van der Waals surface area contributed by atoms with Gasteiger partial charge in [0.2, 0.25) is 11.6 Å². The van der Waals surface area contributed by atoms with Crippen molar-refractivity contribution in [3.05, 3.63) is 50.0 Å². The van der Waals surface area contributed by atoms with Gasteiger partial charge in [0.05, 0.1) is 10.6 Å². The van der Waals surface area contributed by atoms with Crippen LogP contribution >= 0.6 is 15.9 Å². The van der Waals surface area contributed by atoms with E-state index >= 15 is 0 Å². The number of carbonyl (C=O) groups excluding carboxylic acids is 1. The van der Waals surface area contributed by atoms with Crippen molar-refractivity contribution in [2.24, 2.45) is 0 Å². The fraction of sp³-hybridized carbons (Fsp3) is 0.231. The summed E-state index contributed by atoms with van der Waals surface area (Å²) in [7, 11) is 0. The second-order valence-electron chi connectivity index (χ2n) is 4.87. The first kappa shape index (κ1) is 18.8. The molecule has 0 spiro atoms. The number of hydrogen-bond acceptors (Lipinski definition) is 4. The summed E-state index contributed by atoms with van der Waals surface area (Å²) in [6, 6.07) is 3.78. The Labute approximate surface area is 145 Å². The summed E-state index contributed by atoms with van der Waals surface area (Å²) in [6.07, 6.45) is -5.05. The zero-order chi connectivity index (χ0) is 18.9. The quantitative estimate of drug-likeness (QED) is 0.460. The molecule has 2 aromatic rings. The van der Waals surface area contributed by atoms with Gasteiger partial charge in [-0.2, -0.15) is 18.3 Å². The molecule has 134 valence electrons. The lowest BCUT2D eigenvalue weighted by Gasteiger charge is -2.07. The predicted molar refractivity (Wildman–Crippen MR) is 81.4 cm³/mol. The number of nitro groups is 1. The highest BCUT2D eigenvalue weighted by Gasteiger charge is 2.44. The van der Waals surface area contributed by atoms with Crippen molar-refractivity contribution in [2.45, 2.75) is 19.6 Å². The molecule has 0 aliphatic heterocycles. The first-order valence-corrected chi connectivity index (χ1v) is 7.34. The van der Waals surface area contributed by atoms with Gasteiger partial charge in [-0.3, -0.25) is 19.6 Å². The average Bonchev–Trinajstić information content (AvgIpc) is 2.79. The molecular weight excluding hydrogens is 416 g/mol. The number of alkyl halides is 3. The summed E-state index contributed by atoms with van der Waals surface area (Å²) in [5.74, 6) is -1.66. The van der Waals surface area contributed by atoms with E-state index in [1.54, 1.807) is 0 Å². The van der Waals surface area contributed by atoms with Crippen LogP contribution in [0.3, 0.4) is 0 Å². The van der Waals surface area contributed by atoms with Crippen molar-refractivity contribution < 1.29 is 27.3 Å². The normalized spacial score (nSPS) is 11.4.